The zero-order chi connectivity index (χ0) is 14.5. The van der Waals surface area contributed by atoms with Crippen molar-refractivity contribution in [2.24, 2.45) is 0 Å². The molecular weight excluding hydrogens is 258 g/mol. The molecule has 0 spiro atoms. The lowest BCUT2D eigenvalue weighted by Gasteiger charge is -2.30. The van der Waals surface area contributed by atoms with Crippen molar-refractivity contribution in [3.8, 4) is 0 Å². The average Bonchev–Trinajstić information content (AvgIpc) is 2.80. The van der Waals surface area contributed by atoms with Gasteiger partial charge in [-0.3, -0.25) is 4.79 Å². The highest BCUT2D eigenvalue weighted by Crippen LogP contribution is 2.11. The first kappa shape index (κ1) is 15.0. The first-order chi connectivity index (χ1) is 9.60. The molecule has 6 nitrogen and oxygen atoms in total. The number of hydrogen-bond donors (Lipinski definition) is 1. The van der Waals surface area contributed by atoms with Crippen LogP contribution in [0.1, 0.15) is 35.5 Å². The quantitative estimate of drug-likeness (QED) is 0.872. The van der Waals surface area contributed by atoms with Gasteiger partial charge < -0.3 is 19.4 Å². The Morgan fingerprint density at radius 2 is 2.35 bits per heavy atom. The van der Waals surface area contributed by atoms with Gasteiger partial charge in [-0.05, 0) is 20.4 Å². The van der Waals surface area contributed by atoms with Gasteiger partial charge in [0.2, 0.25) is 5.76 Å². The number of amides is 1. The molecule has 1 saturated heterocycles. The van der Waals surface area contributed by atoms with Crippen molar-refractivity contribution >= 4 is 5.91 Å². The Morgan fingerprint density at radius 1 is 1.55 bits per heavy atom. The molecule has 1 aromatic rings. The van der Waals surface area contributed by atoms with Crippen LogP contribution in [0, 0.1) is 6.92 Å². The summed E-state index contributed by atoms with van der Waals surface area (Å²) in [7, 11) is 2.08. The molecule has 0 bridgehead atoms. The van der Waals surface area contributed by atoms with Crippen molar-refractivity contribution in [1.29, 1.82) is 0 Å². The molecule has 2 heterocycles. The lowest BCUT2D eigenvalue weighted by Crippen LogP contribution is -2.41. The molecule has 6 heteroatoms. The number of nitrogens with zero attached hydrogens (tertiary/aromatic N) is 2. The van der Waals surface area contributed by atoms with Crippen molar-refractivity contribution in [3.63, 3.8) is 0 Å². The fraction of sp³-hybridized carbons (Fsp3) is 0.714. The second-order valence-corrected chi connectivity index (χ2v) is 5.18. The van der Waals surface area contributed by atoms with Gasteiger partial charge in [-0.25, -0.2) is 4.98 Å². The largest absolute Gasteiger partial charge is 0.435 e. The molecule has 1 amide bonds. The summed E-state index contributed by atoms with van der Waals surface area (Å²) in [4.78, 5) is 18.4. The van der Waals surface area contributed by atoms with E-state index < -0.39 is 0 Å². The van der Waals surface area contributed by atoms with Crippen LogP contribution < -0.4 is 5.32 Å². The van der Waals surface area contributed by atoms with Crippen LogP contribution in [0.5, 0.6) is 0 Å². The molecule has 0 radical (unpaired) electrons. The maximum absolute atomic E-state index is 12.0. The minimum atomic E-state index is -0.195. The lowest BCUT2D eigenvalue weighted by atomic mass is 10.2. The summed E-state index contributed by atoms with van der Waals surface area (Å²) in [5.41, 5.74) is 0.646. The monoisotopic (exact) mass is 281 g/mol. The number of aromatic nitrogens is 1. The van der Waals surface area contributed by atoms with Crippen LogP contribution in [0.3, 0.4) is 0 Å². The number of likely N-dealkylation sites (N-methyl/N-ethyl adjacent to an activating group) is 1. The fourth-order valence-electron chi connectivity index (χ4n) is 2.28. The van der Waals surface area contributed by atoms with E-state index in [0.717, 1.165) is 26.1 Å². The van der Waals surface area contributed by atoms with Gasteiger partial charge in [-0.2, -0.15) is 0 Å². The van der Waals surface area contributed by atoms with Crippen molar-refractivity contribution < 1.29 is 13.9 Å². The van der Waals surface area contributed by atoms with E-state index >= 15 is 0 Å². The third-order valence-corrected chi connectivity index (χ3v) is 3.44. The van der Waals surface area contributed by atoms with E-state index in [2.05, 4.69) is 22.2 Å². The molecule has 1 N–H and O–H groups in total. The zero-order valence-corrected chi connectivity index (χ0v) is 12.4. The van der Waals surface area contributed by atoms with Crippen LogP contribution in [-0.4, -0.2) is 55.2 Å². The highest BCUT2D eigenvalue weighted by atomic mass is 16.5. The van der Waals surface area contributed by atoms with Gasteiger partial charge in [-0.15, -0.1) is 0 Å². The molecule has 0 aliphatic carbocycles. The lowest BCUT2D eigenvalue weighted by molar-refractivity contribution is -0.0226. The summed E-state index contributed by atoms with van der Waals surface area (Å²) in [6.45, 7) is 6.97. The van der Waals surface area contributed by atoms with E-state index in [4.69, 9.17) is 9.15 Å². The van der Waals surface area contributed by atoms with Crippen molar-refractivity contribution in [1.82, 2.24) is 15.2 Å². The van der Waals surface area contributed by atoms with Gasteiger partial charge in [0.15, 0.2) is 5.89 Å². The third-order valence-electron chi connectivity index (χ3n) is 3.44. The number of ether oxygens (including phenoxy) is 1. The van der Waals surface area contributed by atoms with E-state index in [1.165, 1.54) is 0 Å². The van der Waals surface area contributed by atoms with E-state index in [1.54, 1.807) is 6.92 Å². The van der Waals surface area contributed by atoms with Crippen molar-refractivity contribution in [2.45, 2.75) is 32.8 Å². The highest BCUT2D eigenvalue weighted by molar-refractivity contribution is 5.92. The van der Waals surface area contributed by atoms with Crippen LogP contribution >= 0.6 is 0 Å². The first-order valence-corrected chi connectivity index (χ1v) is 7.14. The number of carbonyl (C=O) groups is 1. The Kier molecular flexibility index (Phi) is 5.14. The molecule has 1 aliphatic rings. The van der Waals surface area contributed by atoms with Gasteiger partial charge in [0, 0.05) is 26.1 Å². The summed E-state index contributed by atoms with van der Waals surface area (Å²) < 4.78 is 11.1. The van der Waals surface area contributed by atoms with E-state index in [9.17, 15) is 4.79 Å². The van der Waals surface area contributed by atoms with E-state index in [0.29, 0.717) is 30.3 Å². The SMILES string of the molecule is CCc1nc(C)c(C(=O)NCC[C@H]2CN(C)CCO2)o1. The van der Waals surface area contributed by atoms with Crippen LogP contribution in [-0.2, 0) is 11.2 Å². The average molecular weight is 281 g/mol. The first-order valence-electron chi connectivity index (χ1n) is 7.14. The predicted octanol–water partition coefficient (Wildman–Crippen LogP) is 0.996. The van der Waals surface area contributed by atoms with Crippen LogP contribution in [0.4, 0.5) is 0 Å². The van der Waals surface area contributed by atoms with Crippen LogP contribution in [0.2, 0.25) is 0 Å². The van der Waals surface area contributed by atoms with Gasteiger partial charge in [0.05, 0.1) is 18.4 Å². The maximum Gasteiger partial charge on any atom is 0.289 e. The predicted molar refractivity (Wildman–Crippen MR) is 74.8 cm³/mol. The summed E-state index contributed by atoms with van der Waals surface area (Å²) in [5.74, 6) is 0.729. The summed E-state index contributed by atoms with van der Waals surface area (Å²) in [6, 6.07) is 0. The number of nitrogens with one attached hydrogen (secondary N) is 1. The topological polar surface area (TPSA) is 67.6 Å². The zero-order valence-electron chi connectivity index (χ0n) is 12.4. The Hall–Kier alpha value is -1.40. The number of aryl methyl sites for hydroxylation is 2. The number of morpholine rings is 1. The Morgan fingerprint density at radius 3 is 3.00 bits per heavy atom. The molecule has 2 rings (SSSR count). The normalized spacial score (nSPS) is 20.1. The molecule has 20 heavy (non-hydrogen) atoms. The molecule has 0 saturated carbocycles. The summed E-state index contributed by atoms with van der Waals surface area (Å²) in [5, 5.41) is 2.87. The maximum atomic E-state index is 12.0. The Balaban J connectivity index is 1.78. The Bertz CT molecular complexity index is 459. The molecule has 0 unspecified atom stereocenters. The van der Waals surface area contributed by atoms with Crippen molar-refractivity contribution in [2.75, 3.05) is 33.3 Å². The molecule has 1 fully saturated rings. The molecule has 1 atom stereocenters. The summed E-state index contributed by atoms with van der Waals surface area (Å²) in [6.07, 6.45) is 1.69. The van der Waals surface area contributed by atoms with Gasteiger partial charge in [-0.1, -0.05) is 6.92 Å². The summed E-state index contributed by atoms with van der Waals surface area (Å²) >= 11 is 0. The molecule has 1 aromatic heterocycles. The second kappa shape index (κ2) is 6.85. The van der Waals surface area contributed by atoms with Crippen molar-refractivity contribution in [3.05, 3.63) is 17.3 Å². The Labute approximate surface area is 119 Å². The number of oxazole rings is 1. The van der Waals surface area contributed by atoms with Gasteiger partial charge in [0.25, 0.3) is 5.91 Å². The minimum absolute atomic E-state index is 0.191. The highest BCUT2D eigenvalue weighted by Gasteiger charge is 2.19. The van der Waals surface area contributed by atoms with Gasteiger partial charge >= 0.3 is 0 Å². The fourth-order valence-corrected chi connectivity index (χ4v) is 2.28. The molecule has 112 valence electrons. The molecule has 0 aromatic carbocycles. The molecular formula is C14H23N3O3. The smallest absolute Gasteiger partial charge is 0.289 e. The van der Waals surface area contributed by atoms with E-state index in [1.807, 2.05) is 6.92 Å². The van der Waals surface area contributed by atoms with Crippen LogP contribution in [0.25, 0.3) is 0 Å². The van der Waals surface area contributed by atoms with E-state index in [-0.39, 0.29) is 12.0 Å². The number of hydrogen-bond acceptors (Lipinski definition) is 5. The van der Waals surface area contributed by atoms with Crippen LogP contribution in [0.15, 0.2) is 4.42 Å². The molecule has 1 aliphatic heterocycles. The number of carbonyl (C=O) groups excluding carboxylic acids is 1. The minimum Gasteiger partial charge on any atom is -0.435 e. The second-order valence-electron chi connectivity index (χ2n) is 5.18. The third kappa shape index (κ3) is 3.80. The van der Waals surface area contributed by atoms with Gasteiger partial charge in [0.1, 0.15) is 0 Å². The number of rotatable bonds is 5. The standard InChI is InChI=1S/C14H23N3O3/c1-4-12-16-10(2)13(20-12)14(18)15-6-5-11-9-17(3)7-8-19-11/h11H,4-9H2,1-3H3,(H,15,18)/t11-/m0/s1.